The maximum Gasteiger partial charge on any atom is 0.232 e. The number of ether oxygens (including phenoxy) is 3. The highest BCUT2D eigenvalue weighted by Crippen LogP contribution is 2.41. The lowest BCUT2D eigenvalue weighted by Gasteiger charge is -2.24. The highest BCUT2D eigenvalue weighted by Gasteiger charge is 2.23. The number of methoxy groups -OCH3 is 3. The van der Waals surface area contributed by atoms with Gasteiger partial charge in [-0.25, -0.2) is 8.42 Å². The van der Waals surface area contributed by atoms with Gasteiger partial charge in [-0.15, -0.1) is 0 Å². The number of hydrogen-bond donors (Lipinski definition) is 1. The van der Waals surface area contributed by atoms with Gasteiger partial charge in [0.05, 0.1) is 33.3 Å². The topological polar surface area (TPSA) is 94.2 Å². The Morgan fingerprint density at radius 3 is 2.04 bits per heavy atom. The summed E-state index contributed by atoms with van der Waals surface area (Å²) in [6.45, 7) is 4.52. The normalized spacial score (nSPS) is 11.2. The van der Waals surface area contributed by atoms with E-state index >= 15 is 0 Å². The minimum absolute atomic E-state index is 0.00139. The van der Waals surface area contributed by atoms with E-state index in [9.17, 15) is 13.2 Å². The van der Waals surface area contributed by atoms with Gasteiger partial charge in [-0.1, -0.05) is 13.8 Å². The Balaban J connectivity index is 3.13. The summed E-state index contributed by atoms with van der Waals surface area (Å²) in [6, 6.07) is 3.07. The molecule has 9 heteroatoms. The zero-order chi connectivity index (χ0) is 19.9. The number of nitrogens with one attached hydrogen (secondary N) is 1. The van der Waals surface area contributed by atoms with Gasteiger partial charge in [-0.05, 0) is 5.92 Å². The van der Waals surface area contributed by atoms with Crippen molar-refractivity contribution in [2.75, 3.05) is 45.0 Å². The molecule has 0 aliphatic rings. The van der Waals surface area contributed by atoms with Crippen molar-refractivity contribution in [1.82, 2.24) is 5.32 Å². The Kier molecular flexibility index (Phi) is 8.01. The van der Waals surface area contributed by atoms with Gasteiger partial charge in [0.15, 0.2) is 11.5 Å². The second-order valence-corrected chi connectivity index (χ2v) is 8.07. The molecule has 0 bridgehead atoms. The highest BCUT2D eigenvalue weighted by molar-refractivity contribution is 7.92. The number of sulfonamides is 1. The quantitative estimate of drug-likeness (QED) is 0.655. The predicted molar refractivity (Wildman–Crippen MR) is 101 cm³/mol. The zero-order valence-electron chi connectivity index (χ0n) is 16.2. The summed E-state index contributed by atoms with van der Waals surface area (Å²) < 4.78 is 41.4. The minimum atomic E-state index is -3.61. The van der Waals surface area contributed by atoms with Crippen LogP contribution >= 0.6 is 0 Å². The Labute approximate surface area is 155 Å². The first-order chi connectivity index (χ1) is 12.1. The smallest absolute Gasteiger partial charge is 0.232 e. The summed E-state index contributed by atoms with van der Waals surface area (Å²) in [4.78, 5) is 12.0. The minimum Gasteiger partial charge on any atom is -0.493 e. The lowest BCUT2D eigenvalue weighted by Crippen LogP contribution is -2.35. The van der Waals surface area contributed by atoms with Gasteiger partial charge in [0, 0.05) is 31.6 Å². The predicted octanol–water partition coefficient (Wildman–Crippen LogP) is 1.64. The number of carbonyl (C=O) groups excluding carboxylic acids is 1. The van der Waals surface area contributed by atoms with E-state index in [1.54, 1.807) is 0 Å². The number of amides is 1. The van der Waals surface area contributed by atoms with Crippen LogP contribution in [0.4, 0.5) is 5.69 Å². The summed E-state index contributed by atoms with van der Waals surface area (Å²) in [5, 5.41) is 2.77. The first-order valence-electron chi connectivity index (χ1n) is 8.18. The van der Waals surface area contributed by atoms with Gasteiger partial charge in [0.25, 0.3) is 0 Å². The Morgan fingerprint density at radius 1 is 1.12 bits per heavy atom. The van der Waals surface area contributed by atoms with Crippen molar-refractivity contribution in [2.45, 2.75) is 20.3 Å². The number of benzene rings is 1. The van der Waals surface area contributed by atoms with Gasteiger partial charge >= 0.3 is 0 Å². The van der Waals surface area contributed by atoms with Crippen LogP contribution in [0.2, 0.25) is 0 Å². The van der Waals surface area contributed by atoms with Crippen molar-refractivity contribution >= 4 is 21.6 Å². The molecular weight excluding hydrogens is 360 g/mol. The fraction of sp³-hybridized carbons (Fsp3) is 0.588. The molecule has 0 atom stereocenters. The Bertz CT molecular complexity index is 693. The fourth-order valence-electron chi connectivity index (χ4n) is 2.31. The van der Waals surface area contributed by atoms with Crippen LogP contribution in [-0.2, 0) is 14.8 Å². The molecule has 1 rings (SSSR count). The summed E-state index contributed by atoms with van der Waals surface area (Å²) in [6.07, 6.45) is 1.12. The van der Waals surface area contributed by atoms with E-state index in [2.05, 4.69) is 5.32 Å². The molecule has 1 amide bonds. The molecule has 0 saturated carbocycles. The maximum absolute atomic E-state index is 12.2. The van der Waals surface area contributed by atoms with Crippen LogP contribution in [0.1, 0.15) is 20.3 Å². The second-order valence-electron chi connectivity index (χ2n) is 6.17. The number of anilines is 1. The standard InChI is InChI=1S/C17H28N2O6S/c1-12(2)11-18-16(20)7-8-19(26(6,21)22)13-9-14(23-3)17(25-5)15(10-13)24-4/h9-10,12H,7-8,11H2,1-6H3,(H,18,20). The summed E-state index contributed by atoms with van der Waals surface area (Å²) in [5.74, 6) is 1.14. The zero-order valence-corrected chi connectivity index (χ0v) is 17.0. The number of hydrogen-bond acceptors (Lipinski definition) is 6. The lowest BCUT2D eigenvalue weighted by atomic mass is 10.2. The van der Waals surface area contributed by atoms with Gasteiger partial charge in [0.1, 0.15) is 0 Å². The Hall–Kier alpha value is -2.16. The van der Waals surface area contributed by atoms with Gasteiger partial charge < -0.3 is 19.5 Å². The first-order valence-corrected chi connectivity index (χ1v) is 10.0. The number of carbonyl (C=O) groups is 1. The third kappa shape index (κ3) is 5.98. The van der Waals surface area contributed by atoms with E-state index in [0.717, 1.165) is 10.6 Å². The molecule has 148 valence electrons. The maximum atomic E-state index is 12.2. The van der Waals surface area contributed by atoms with E-state index < -0.39 is 10.0 Å². The van der Waals surface area contributed by atoms with Crippen molar-refractivity contribution in [3.05, 3.63) is 12.1 Å². The summed E-state index contributed by atoms with van der Waals surface area (Å²) >= 11 is 0. The van der Waals surface area contributed by atoms with Crippen LogP contribution in [0.25, 0.3) is 0 Å². The number of rotatable bonds is 10. The van der Waals surface area contributed by atoms with Crippen molar-refractivity contribution in [1.29, 1.82) is 0 Å². The van der Waals surface area contributed by atoms with Crippen LogP contribution in [0, 0.1) is 5.92 Å². The van der Waals surface area contributed by atoms with Gasteiger partial charge in [-0.3, -0.25) is 9.10 Å². The molecular formula is C17H28N2O6S. The second kappa shape index (κ2) is 9.51. The fourth-order valence-corrected chi connectivity index (χ4v) is 3.22. The van der Waals surface area contributed by atoms with Gasteiger partial charge in [-0.2, -0.15) is 0 Å². The molecule has 0 radical (unpaired) electrons. The van der Waals surface area contributed by atoms with Crippen molar-refractivity contribution in [3.8, 4) is 17.2 Å². The number of nitrogens with zero attached hydrogens (tertiary/aromatic N) is 1. The van der Waals surface area contributed by atoms with E-state index in [4.69, 9.17) is 14.2 Å². The molecule has 1 aromatic rings. The summed E-state index contributed by atoms with van der Waals surface area (Å²) in [7, 11) is 0.752. The van der Waals surface area contributed by atoms with Crippen LogP contribution in [0.3, 0.4) is 0 Å². The molecule has 0 heterocycles. The monoisotopic (exact) mass is 388 g/mol. The molecule has 8 nitrogen and oxygen atoms in total. The Morgan fingerprint density at radius 2 is 1.65 bits per heavy atom. The van der Waals surface area contributed by atoms with E-state index in [1.165, 1.54) is 33.5 Å². The lowest BCUT2D eigenvalue weighted by molar-refractivity contribution is -0.121. The summed E-state index contributed by atoms with van der Waals surface area (Å²) in [5.41, 5.74) is 0.332. The third-order valence-electron chi connectivity index (χ3n) is 3.59. The SMILES string of the molecule is COc1cc(N(CCC(=O)NCC(C)C)S(C)(=O)=O)cc(OC)c1OC. The van der Waals surface area contributed by atoms with Crippen LogP contribution in [-0.4, -0.2) is 55.0 Å². The molecule has 0 spiro atoms. The third-order valence-corrected chi connectivity index (χ3v) is 4.78. The largest absolute Gasteiger partial charge is 0.493 e. The molecule has 0 aliphatic carbocycles. The van der Waals surface area contributed by atoms with Crippen molar-refractivity contribution in [3.63, 3.8) is 0 Å². The molecule has 1 N–H and O–H groups in total. The molecule has 26 heavy (non-hydrogen) atoms. The average Bonchev–Trinajstić information content (AvgIpc) is 2.57. The average molecular weight is 388 g/mol. The molecule has 0 aromatic heterocycles. The highest BCUT2D eigenvalue weighted by atomic mass is 32.2. The molecule has 0 unspecified atom stereocenters. The van der Waals surface area contributed by atoms with Crippen molar-refractivity contribution < 1.29 is 27.4 Å². The van der Waals surface area contributed by atoms with Crippen LogP contribution in [0.5, 0.6) is 17.2 Å². The van der Waals surface area contributed by atoms with E-state index in [0.29, 0.717) is 35.4 Å². The molecule has 1 aromatic carbocycles. The van der Waals surface area contributed by atoms with E-state index in [1.807, 2.05) is 13.8 Å². The first kappa shape index (κ1) is 21.9. The van der Waals surface area contributed by atoms with E-state index in [-0.39, 0.29) is 18.9 Å². The van der Waals surface area contributed by atoms with Crippen molar-refractivity contribution in [2.24, 2.45) is 5.92 Å². The molecule has 0 saturated heterocycles. The molecule has 0 aliphatic heterocycles. The van der Waals surface area contributed by atoms with Crippen LogP contribution in [0.15, 0.2) is 12.1 Å². The van der Waals surface area contributed by atoms with Gasteiger partial charge in [0.2, 0.25) is 21.7 Å². The van der Waals surface area contributed by atoms with Crippen LogP contribution < -0.4 is 23.8 Å². The molecule has 0 fully saturated rings.